The van der Waals surface area contributed by atoms with Crippen molar-refractivity contribution in [2.24, 2.45) is 5.92 Å². The second-order valence-electron chi connectivity index (χ2n) is 7.02. The molecule has 0 bridgehead atoms. The molecule has 1 aromatic heterocycles. The van der Waals surface area contributed by atoms with E-state index in [0.29, 0.717) is 5.39 Å². The number of carbonyl (C=O) groups is 1. The van der Waals surface area contributed by atoms with Crippen LogP contribution in [-0.4, -0.2) is 53.0 Å². The molecule has 2 atom stereocenters. The summed E-state index contributed by atoms with van der Waals surface area (Å²) in [6.07, 6.45) is 4.10. The van der Waals surface area contributed by atoms with Gasteiger partial charge < -0.3 is 9.47 Å². The Bertz CT molecular complexity index is 865. The topological polar surface area (TPSA) is 28.5 Å². The first-order chi connectivity index (χ1) is 12.0. The van der Waals surface area contributed by atoms with E-state index in [1.807, 2.05) is 37.1 Å². The zero-order valence-electron chi connectivity index (χ0n) is 15.0. The number of halogens is 1. The molecule has 2 aromatic rings. The summed E-state index contributed by atoms with van der Waals surface area (Å²) < 4.78 is 16.3. The van der Waals surface area contributed by atoms with E-state index in [1.54, 1.807) is 6.07 Å². The lowest BCUT2D eigenvalue weighted by Gasteiger charge is -2.41. The predicted molar refractivity (Wildman–Crippen MR) is 97.7 cm³/mol. The Hall–Kier alpha value is -2.14. The van der Waals surface area contributed by atoms with Crippen molar-refractivity contribution in [1.29, 1.82) is 0 Å². The number of aromatic nitrogens is 1. The number of amides is 1. The van der Waals surface area contributed by atoms with E-state index < -0.39 is 0 Å². The van der Waals surface area contributed by atoms with Crippen LogP contribution in [0.1, 0.15) is 19.4 Å². The molecule has 4 nitrogen and oxygen atoms in total. The largest absolute Gasteiger partial charge is 0.345 e. The van der Waals surface area contributed by atoms with Crippen LogP contribution in [0.5, 0.6) is 0 Å². The molecule has 0 fully saturated rings. The van der Waals surface area contributed by atoms with Crippen LogP contribution in [0.15, 0.2) is 30.5 Å². The number of carbonyl (C=O) groups excluding carboxylic acids is 1. The highest BCUT2D eigenvalue weighted by atomic mass is 19.1. The van der Waals surface area contributed by atoms with Crippen LogP contribution in [0.4, 0.5) is 4.39 Å². The smallest absolute Gasteiger partial charge is 0.230 e. The normalized spacial score (nSPS) is 22.6. The van der Waals surface area contributed by atoms with Gasteiger partial charge in [-0.3, -0.25) is 9.69 Å². The molecule has 5 heteroatoms. The number of nitrogens with zero attached hydrogens (tertiary/aromatic N) is 3. The van der Waals surface area contributed by atoms with E-state index in [1.165, 1.54) is 0 Å². The van der Waals surface area contributed by atoms with Crippen molar-refractivity contribution in [2.45, 2.75) is 26.4 Å². The van der Waals surface area contributed by atoms with E-state index in [-0.39, 0.29) is 23.7 Å². The third kappa shape index (κ3) is 2.41. The highest BCUT2D eigenvalue weighted by Gasteiger charge is 2.36. The summed E-state index contributed by atoms with van der Waals surface area (Å²) in [4.78, 5) is 17.0. The average molecular weight is 341 g/mol. The summed E-state index contributed by atoms with van der Waals surface area (Å²) in [5.74, 6) is -0.142. The van der Waals surface area contributed by atoms with Gasteiger partial charge in [-0.15, -0.1) is 0 Å². The van der Waals surface area contributed by atoms with E-state index in [4.69, 9.17) is 0 Å². The van der Waals surface area contributed by atoms with Crippen LogP contribution in [0.2, 0.25) is 0 Å². The molecule has 2 aliphatic heterocycles. The Morgan fingerprint density at radius 3 is 2.72 bits per heavy atom. The lowest BCUT2D eigenvalue weighted by molar-refractivity contribution is -0.134. The van der Waals surface area contributed by atoms with Crippen molar-refractivity contribution in [3.63, 3.8) is 0 Å². The molecule has 3 heterocycles. The van der Waals surface area contributed by atoms with Crippen LogP contribution in [0, 0.1) is 11.7 Å². The van der Waals surface area contributed by atoms with Crippen molar-refractivity contribution in [3.05, 3.63) is 41.9 Å². The number of fused-ring (bicyclic) bond motifs is 2. The summed E-state index contributed by atoms with van der Waals surface area (Å²) in [6.45, 7) is 7.01. The summed E-state index contributed by atoms with van der Waals surface area (Å²) in [7, 11) is 2.08. The molecular weight excluding hydrogens is 317 g/mol. The van der Waals surface area contributed by atoms with Crippen molar-refractivity contribution in [2.75, 3.05) is 26.7 Å². The quantitative estimate of drug-likeness (QED) is 0.859. The second kappa shape index (κ2) is 5.99. The van der Waals surface area contributed by atoms with Crippen LogP contribution in [-0.2, 0) is 11.3 Å². The maximum atomic E-state index is 14.1. The van der Waals surface area contributed by atoms with Crippen molar-refractivity contribution in [3.8, 4) is 0 Å². The summed E-state index contributed by atoms with van der Waals surface area (Å²) in [5, 5.41) is 0.664. The minimum atomic E-state index is -0.184. The average Bonchev–Trinajstić information content (AvgIpc) is 3.04. The number of hydrogen-bond acceptors (Lipinski definition) is 2. The number of rotatable bonds is 3. The van der Waals surface area contributed by atoms with Gasteiger partial charge in [-0.05, 0) is 44.7 Å². The third-order valence-electron chi connectivity index (χ3n) is 5.70. The highest BCUT2D eigenvalue weighted by molar-refractivity contribution is 5.96. The third-order valence-corrected chi connectivity index (χ3v) is 5.70. The minimum Gasteiger partial charge on any atom is -0.345 e. The lowest BCUT2D eigenvalue weighted by atomic mass is 9.85. The molecule has 1 aromatic carbocycles. The Morgan fingerprint density at radius 1 is 1.24 bits per heavy atom. The van der Waals surface area contributed by atoms with Crippen LogP contribution in [0.3, 0.4) is 0 Å². The molecule has 0 saturated carbocycles. The van der Waals surface area contributed by atoms with Gasteiger partial charge in [-0.2, -0.15) is 0 Å². The Morgan fingerprint density at radius 2 is 2.00 bits per heavy atom. The maximum absolute atomic E-state index is 14.1. The predicted octanol–water partition coefficient (Wildman–Crippen LogP) is 2.98. The molecule has 4 rings (SSSR count). The van der Waals surface area contributed by atoms with Crippen molar-refractivity contribution < 1.29 is 9.18 Å². The molecular formula is C20H24FN3O. The van der Waals surface area contributed by atoms with E-state index in [9.17, 15) is 9.18 Å². The summed E-state index contributed by atoms with van der Waals surface area (Å²) >= 11 is 0. The van der Waals surface area contributed by atoms with E-state index >= 15 is 0 Å². The van der Waals surface area contributed by atoms with Gasteiger partial charge in [-0.25, -0.2) is 4.39 Å². The molecule has 0 saturated heterocycles. The molecule has 0 N–H and O–H groups in total. The molecule has 0 spiro atoms. The first-order valence-corrected chi connectivity index (χ1v) is 9.03. The molecule has 0 aliphatic carbocycles. The number of likely N-dealkylation sites (N-methyl/N-ethyl adjacent to an activating group) is 1. The van der Waals surface area contributed by atoms with Gasteiger partial charge in [0.05, 0.1) is 17.5 Å². The van der Waals surface area contributed by atoms with E-state index in [2.05, 4.69) is 22.6 Å². The molecule has 1 amide bonds. The molecule has 2 unspecified atom stereocenters. The lowest BCUT2D eigenvalue weighted by Crippen LogP contribution is -2.48. The van der Waals surface area contributed by atoms with E-state index in [0.717, 1.165) is 42.8 Å². The standard InChI is InChI=1S/C20H24FN3O/c1-4-23(5-2)20(25)13-10-16-14-6-7-17(21)15-8-9-24(19(14)15)12-18(16)22(3)11-13/h6-10,13,18H,4-5,11-12H2,1-3H3. The first kappa shape index (κ1) is 16.3. The van der Waals surface area contributed by atoms with Gasteiger partial charge in [-0.1, -0.05) is 6.08 Å². The number of benzene rings is 1. The molecule has 0 radical (unpaired) electrons. The maximum Gasteiger partial charge on any atom is 0.230 e. The van der Waals surface area contributed by atoms with Gasteiger partial charge >= 0.3 is 0 Å². The van der Waals surface area contributed by atoms with Crippen LogP contribution >= 0.6 is 0 Å². The molecule has 25 heavy (non-hydrogen) atoms. The zero-order valence-corrected chi connectivity index (χ0v) is 15.0. The van der Waals surface area contributed by atoms with Crippen LogP contribution < -0.4 is 0 Å². The van der Waals surface area contributed by atoms with Crippen molar-refractivity contribution >= 4 is 22.4 Å². The van der Waals surface area contributed by atoms with Gasteiger partial charge in [0.25, 0.3) is 0 Å². The Labute approximate surface area is 147 Å². The highest BCUT2D eigenvalue weighted by Crippen LogP contribution is 2.39. The molecule has 132 valence electrons. The molecule has 2 aliphatic rings. The first-order valence-electron chi connectivity index (χ1n) is 9.03. The minimum absolute atomic E-state index is 0.141. The monoisotopic (exact) mass is 341 g/mol. The SMILES string of the molecule is CCN(CC)C(=O)C1C=C2c3ccc(F)c4ccn(c34)CC2N(C)C1. The zero-order chi connectivity index (χ0) is 17.7. The Balaban J connectivity index is 1.82. The second-order valence-corrected chi connectivity index (χ2v) is 7.02. The number of hydrogen-bond donors (Lipinski definition) is 0. The van der Waals surface area contributed by atoms with Crippen molar-refractivity contribution in [1.82, 2.24) is 14.4 Å². The van der Waals surface area contributed by atoms with Gasteiger partial charge in [0.15, 0.2) is 0 Å². The fourth-order valence-corrected chi connectivity index (χ4v) is 4.34. The van der Waals surface area contributed by atoms with Gasteiger partial charge in [0, 0.05) is 43.3 Å². The summed E-state index contributed by atoms with van der Waals surface area (Å²) in [5.41, 5.74) is 3.17. The fourth-order valence-electron chi connectivity index (χ4n) is 4.34. The van der Waals surface area contributed by atoms with Gasteiger partial charge in [0.2, 0.25) is 5.91 Å². The Kier molecular flexibility index (Phi) is 3.91. The van der Waals surface area contributed by atoms with Crippen LogP contribution in [0.25, 0.3) is 16.5 Å². The fraction of sp³-hybridized carbons (Fsp3) is 0.450. The summed E-state index contributed by atoms with van der Waals surface area (Å²) in [6, 6.07) is 5.49. The van der Waals surface area contributed by atoms with Gasteiger partial charge in [0.1, 0.15) is 5.82 Å².